The van der Waals surface area contributed by atoms with Gasteiger partial charge in [0.25, 0.3) is 5.91 Å². The Kier molecular flexibility index (Phi) is 9.30. The summed E-state index contributed by atoms with van der Waals surface area (Å²) in [5.74, 6) is 0.134. The Labute approximate surface area is 164 Å². The van der Waals surface area contributed by atoms with Crippen molar-refractivity contribution in [3.8, 4) is 0 Å². The number of carbonyl (C=O) groups is 1. The SMILES string of the molecule is Cl.Cl.NC[C@H]1CC[C@@H](C(=O)N2CCN(Cc3ccc(Cl)s3)CC2)O1. The average Bonchev–Trinajstić information content (AvgIpc) is 3.16. The number of thiophene rings is 1. The second-order valence-electron chi connectivity index (χ2n) is 5.87. The van der Waals surface area contributed by atoms with Crippen molar-refractivity contribution in [1.29, 1.82) is 0 Å². The van der Waals surface area contributed by atoms with E-state index in [4.69, 9.17) is 22.1 Å². The molecule has 2 fully saturated rings. The van der Waals surface area contributed by atoms with Crippen LogP contribution >= 0.6 is 47.8 Å². The first-order chi connectivity index (χ1) is 10.7. The van der Waals surface area contributed by atoms with Gasteiger partial charge in [0, 0.05) is 44.1 Å². The van der Waals surface area contributed by atoms with Gasteiger partial charge in [-0.3, -0.25) is 9.69 Å². The molecule has 138 valence electrons. The van der Waals surface area contributed by atoms with Crippen LogP contribution in [0, 0.1) is 0 Å². The van der Waals surface area contributed by atoms with Gasteiger partial charge in [-0.15, -0.1) is 36.2 Å². The molecule has 24 heavy (non-hydrogen) atoms. The molecule has 0 spiro atoms. The van der Waals surface area contributed by atoms with Crippen molar-refractivity contribution >= 4 is 53.7 Å². The topological polar surface area (TPSA) is 58.8 Å². The molecule has 2 aliphatic rings. The summed E-state index contributed by atoms with van der Waals surface area (Å²) in [4.78, 5) is 18.0. The lowest BCUT2D eigenvalue weighted by atomic mass is 10.1. The number of amides is 1. The Morgan fingerprint density at radius 2 is 1.96 bits per heavy atom. The lowest BCUT2D eigenvalue weighted by molar-refractivity contribution is -0.144. The van der Waals surface area contributed by atoms with E-state index in [0.717, 1.165) is 49.9 Å². The second-order valence-corrected chi connectivity index (χ2v) is 7.67. The molecule has 0 unspecified atom stereocenters. The molecule has 3 heterocycles. The molecule has 2 aliphatic heterocycles. The standard InChI is InChI=1S/C15H22ClN3O2S.2ClH/c16-14-4-2-12(22-14)10-18-5-7-19(8-6-18)15(20)13-3-1-11(9-17)21-13;;/h2,4,11,13H,1,3,5-10,17H2;2*1H/t11-,13+;;/m1../s1. The molecule has 0 bridgehead atoms. The van der Waals surface area contributed by atoms with Crippen molar-refractivity contribution in [3.63, 3.8) is 0 Å². The third-order valence-corrected chi connectivity index (χ3v) is 5.55. The van der Waals surface area contributed by atoms with Gasteiger partial charge in [0.1, 0.15) is 6.10 Å². The van der Waals surface area contributed by atoms with E-state index in [2.05, 4.69) is 11.0 Å². The van der Waals surface area contributed by atoms with Gasteiger partial charge in [-0.25, -0.2) is 0 Å². The molecule has 1 amide bonds. The van der Waals surface area contributed by atoms with Gasteiger partial charge in [-0.05, 0) is 25.0 Å². The minimum atomic E-state index is -0.281. The molecule has 0 aromatic carbocycles. The predicted octanol–water partition coefficient (Wildman–Crippen LogP) is 2.40. The lowest BCUT2D eigenvalue weighted by Gasteiger charge is -2.35. The minimum absolute atomic E-state index is 0. The van der Waals surface area contributed by atoms with Crippen LogP contribution in [0.2, 0.25) is 4.34 Å². The highest BCUT2D eigenvalue weighted by Crippen LogP contribution is 2.24. The van der Waals surface area contributed by atoms with Crippen LogP contribution in [0.5, 0.6) is 0 Å². The molecule has 2 saturated heterocycles. The van der Waals surface area contributed by atoms with Crippen LogP contribution in [-0.2, 0) is 16.1 Å². The molecular weight excluding hydrogens is 393 g/mol. The minimum Gasteiger partial charge on any atom is -0.364 e. The zero-order valence-corrected chi connectivity index (χ0v) is 16.6. The van der Waals surface area contributed by atoms with Crippen LogP contribution in [0.25, 0.3) is 0 Å². The van der Waals surface area contributed by atoms with Crippen LogP contribution in [0.1, 0.15) is 17.7 Å². The fraction of sp³-hybridized carbons (Fsp3) is 0.667. The summed E-state index contributed by atoms with van der Waals surface area (Å²) < 4.78 is 6.54. The Hall–Kier alpha value is -0.0800. The summed E-state index contributed by atoms with van der Waals surface area (Å²) in [6, 6.07) is 4.01. The van der Waals surface area contributed by atoms with Crippen LogP contribution in [-0.4, -0.2) is 60.6 Å². The largest absolute Gasteiger partial charge is 0.364 e. The molecule has 1 aromatic heterocycles. The first-order valence-electron chi connectivity index (χ1n) is 7.76. The molecule has 0 saturated carbocycles. The zero-order chi connectivity index (χ0) is 15.5. The highest BCUT2D eigenvalue weighted by Gasteiger charge is 2.34. The van der Waals surface area contributed by atoms with Crippen LogP contribution < -0.4 is 5.73 Å². The number of nitrogens with two attached hydrogens (primary N) is 1. The van der Waals surface area contributed by atoms with Gasteiger partial charge in [-0.1, -0.05) is 11.6 Å². The fourth-order valence-corrected chi connectivity index (χ4v) is 4.18. The maximum Gasteiger partial charge on any atom is 0.251 e. The molecule has 0 radical (unpaired) electrons. The summed E-state index contributed by atoms with van der Waals surface area (Å²) in [6.45, 7) is 4.74. The number of hydrogen-bond acceptors (Lipinski definition) is 5. The van der Waals surface area contributed by atoms with Crippen molar-refractivity contribution in [1.82, 2.24) is 9.80 Å². The number of rotatable bonds is 4. The smallest absolute Gasteiger partial charge is 0.251 e. The molecule has 2 atom stereocenters. The number of piperazine rings is 1. The third kappa shape index (κ3) is 5.46. The third-order valence-electron chi connectivity index (χ3n) is 4.34. The van der Waals surface area contributed by atoms with E-state index in [0.29, 0.717) is 6.54 Å². The van der Waals surface area contributed by atoms with Gasteiger partial charge in [0.15, 0.2) is 0 Å². The van der Waals surface area contributed by atoms with Crippen LogP contribution in [0.3, 0.4) is 0 Å². The number of halogens is 3. The number of hydrogen-bond donors (Lipinski definition) is 1. The van der Waals surface area contributed by atoms with Gasteiger partial charge >= 0.3 is 0 Å². The Bertz CT molecular complexity index is 524. The Morgan fingerprint density at radius 1 is 1.25 bits per heavy atom. The summed E-state index contributed by atoms with van der Waals surface area (Å²) in [6.07, 6.45) is 1.47. The van der Waals surface area contributed by atoms with E-state index < -0.39 is 0 Å². The zero-order valence-electron chi connectivity index (χ0n) is 13.4. The van der Waals surface area contributed by atoms with Crippen LogP contribution in [0.15, 0.2) is 12.1 Å². The molecular formula is C15H24Cl3N3O2S. The number of nitrogens with zero attached hydrogens (tertiary/aromatic N) is 2. The van der Waals surface area contributed by atoms with Gasteiger partial charge in [0.2, 0.25) is 0 Å². The van der Waals surface area contributed by atoms with E-state index in [1.807, 2.05) is 11.0 Å². The van der Waals surface area contributed by atoms with Gasteiger partial charge < -0.3 is 15.4 Å². The molecule has 3 rings (SSSR count). The molecule has 1 aromatic rings. The van der Waals surface area contributed by atoms with Gasteiger partial charge in [0.05, 0.1) is 10.4 Å². The number of carbonyl (C=O) groups excluding carboxylic acids is 1. The maximum atomic E-state index is 12.5. The summed E-state index contributed by atoms with van der Waals surface area (Å²) in [5, 5.41) is 0. The molecule has 9 heteroatoms. The van der Waals surface area contributed by atoms with Crippen molar-refractivity contribution in [2.24, 2.45) is 5.73 Å². The predicted molar refractivity (Wildman–Crippen MR) is 103 cm³/mol. The fourth-order valence-electron chi connectivity index (χ4n) is 3.05. The van der Waals surface area contributed by atoms with E-state index in [1.165, 1.54) is 4.88 Å². The Balaban J connectivity index is 0.00000144. The highest BCUT2D eigenvalue weighted by molar-refractivity contribution is 7.16. The maximum absolute atomic E-state index is 12.5. The van der Waals surface area contributed by atoms with Gasteiger partial charge in [-0.2, -0.15) is 0 Å². The van der Waals surface area contributed by atoms with Crippen molar-refractivity contribution < 1.29 is 9.53 Å². The molecule has 0 aliphatic carbocycles. The monoisotopic (exact) mass is 415 g/mol. The Morgan fingerprint density at radius 3 is 2.50 bits per heavy atom. The van der Waals surface area contributed by atoms with E-state index >= 15 is 0 Å². The average molecular weight is 417 g/mol. The van der Waals surface area contributed by atoms with Crippen molar-refractivity contribution in [2.75, 3.05) is 32.7 Å². The molecule has 2 N–H and O–H groups in total. The first kappa shape index (κ1) is 22.0. The second kappa shape index (κ2) is 10.2. The van der Waals surface area contributed by atoms with E-state index in [9.17, 15) is 4.79 Å². The van der Waals surface area contributed by atoms with Crippen LogP contribution in [0.4, 0.5) is 0 Å². The van der Waals surface area contributed by atoms with Crippen molar-refractivity contribution in [3.05, 3.63) is 21.3 Å². The first-order valence-corrected chi connectivity index (χ1v) is 8.96. The molecule has 5 nitrogen and oxygen atoms in total. The quantitative estimate of drug-likeness (QED) is 0.819. The summed E-state index contributed by atoms with van der Waals surface area (Å²) in [5.41, 5.74) is 5.60. The highest BCUT2D eigenvalue weighted by atomic mass is 35.5. The normalized spacial score (nSPS) is 24.3. The van der Waals surface area contributed by atoms with E-state index in [1.54, 1.807) is 11.3 Å². The summed E-state index contributed by atoms with van der Waals surface area (Å²) in [7, 11) is 0. The number of ether oxygens (including phenoxy) is 1. The van der Waals surface area contributed by atoms with E-state index in [-0.39, 0.29) is 42.9 Å². The summed E-state index contributed by atoms with van der Waals surface area (Å²) >= 11 is 7.59. The lowest BCUT2D eigenvalue weighted by Crippen LogP contribution is -2.51. The van der Waals surface area contributed by atoms with Crippen molar-refractivity contribution in [2.45, 2.75) is 31.6 Å².